The molecule has 4 aliphatic rings. The van der Waals surface area contributed by atoms with Crippen molar-refractivity contribution < 1.29 is 19.1 Å². The van der Waals surface area contributed by atoms with E-state index in [-0.39, 0.29) is 36.4 Å². The topological polar surface area (TPSA) is 87.7 Å². The molecule has 3 saturated heterocycles. The maximum absolute atomic E-state index is 13.3. The Balaban J connectivity index is 1.58. The number of hydrogen-bond acceptors (Lipinski definition) is 5. The Labute approximate surface area is 161 Å². The number of fused-ring (bicyclic) bond motifs is 4. The number of amides is 3. The zero-order valence-corrected chi connectivity index (χ0v) is 15.6. The second-order valence-corrected chi connectivity index (χ2v) is 8.19. The number of nitrogens with zero attached hydrogens (tertiary/aromatic N) is 1. The predicted octanol–water partition coefficient (Wildman–Crippen LogP) is 1.26. The van der Waals surface area contributed by atoms with E-state index in [2.05, 4.69) is 10.6 Å². The van der Waals surface area contributed by atoms with Gasteiger partial charge in [-0.1, -0.05) is 23.7 Å². The summed E-state index contributed by atoms with van der Waals surface area (Å²) < 4.78 is 5.61. The second kappa shape index (κ2) is 5.77. The van der Waals surface area contributed by atoms with Gasteiger partial charge < -0.3 is 10.1 Å². The summed E-state index contributed by atoms with van der Waals surface area (Å²) in [6.45, 7) is 2.77. The molecule has 8 heteroatoms. The fraction of sp³-hybridized carbons (Fsp3) is 0.526. The molecule has 2 N–H and O–H groups in total. The summed E-state index contributed by atoms with van der Waals surface area (Å²) in [6, 6.07) is 4.94. The largest absolute Gasteiger partial charge is 0.376 e. The lowest BCUT2D eigenvalue weighted by atomic mass is 9.76. The highest BCUT2D eigenvalue weighted by Gasteiger charge is 2.69. The van der Waals surface area contributed by atoms with Crippen LogP contribution in [-0.4, -0.2) is 47.9 Å². The van der Waals surface area contributed by atoms with Gasteiger partial charge in [-0.2, -0.15) is 0 Å². The molecule has 1 aromatic rings. The molecule has 5 rings (SSSR count). The van der Waals surface area contributed by atoms with Gasteiger partial charge in [-0.25, -0.2) is 0 Å². The van der Waals surface area contributed by atoms with E-state index >= 15 is 0 Å². The number of anilines is 1. The molecule has 0 bridgehead atoms. The van der Waals surface area contributed by atoms with Crippen LogP contribution < -0.4 is 10.6 Å². The number of halogens is 1. The summed E-state index contributed by atoms with van der Waals surface area (Å²) in [6.07, 6.45) is 1.66. The highest BCUT2D eigenvalue weighted by molar-refractivity contribution is 6.35. The van der Waals surface area contributed by atoms with Crippen LogP contribution in [0.25, 0.3) is 0 Å². The Kier molecular flexibility index (Phi) is 3.67. The third-order valence-corrected chi connectivity index (χ3v) is 6.66. The lowest BCUT2D eigenvalue weighted by Crippen LogP contribution is -2.53. The molecular formula is C19H20ClN3O4. The summed E-state index contributed by atoms with van der Waals surface area (Å²) >= 11 is 6.26. The molecule has 3 amide bonds. The van der Waals surface area contributed by atoms with Crippen LogP contribution in [0.5, 0.6) is 0 Å². The first-order valence-corrected chi connectivity index (χ1v) is 9.68. The molecule has 7 nitrogen and oxygen atoms in total. The first-order chi connectivity index (χ1) is 12.9. The Bertz CT molecular complexity index is 869. The summed E-state index contributed by atoms with van der Waals surface area (Å²) in [4.78, 5) is 40.8. The van der Waals surface area contributed by atoms with Gasteiger partial charge >= 0.3 is 0 Å². The van der Waals surface area contributed by atoms with Crippen LogP contribution in [0.2, 0.25) is 5.02 Å². The van der Waals surface area contributed by atoms with Gasteiger partial charge in [-0.15, -0.1) is 0 Å². The molecule has 142 valence electrons. The predicted molar refractivity (Wildman–Crippen MR) is 97.0 cm³/mol. The summed E-state index contributed by atoms with van der Waals surface area (Å²) in [5.74, 6) is -2.21. The number of carbonyl (C=O) groups excluding carboxylic acids is 3. The number of carbonyl (C=O) groups is 3. The van der Waals surface area contributed by atoms with Crippen molar-refractivity contribution in [3.63, 3.8) is 0 Å². The summed E-state index contributed by atoms with van der Waals surface area (Å²) in [5.41, 5.74) is -0.107. The SMILES string of the molecule is C[C@@H]1N[C@@]2(C(=O)Nc3c(Cl)cccc32)[C@H]2C(=O)N(CC3CCCO3)C(=O)[C@@H]12. The van der Waals surface area contributed by atoms with Gasteiger partial charge in [0.05, 0.1) is 35.2 Å². The molecule has 3 fully saturated rings. The van der Waals surface area contributed by atoms with E-state index in [0.717, 1.165) is 12.8 Å². The van der Waals surface area contributed by atoms with Crippen molar-refractivity contribution in [2.45, 2.75) is 37.5 Å². The third-order valence-electron chi connectivity index (χ3n) is 6.35. The van der Waals surface area contributed by atoms with Crippen LogP contribution in [0.15, 0.2) is 18.2 Å². The molecule has 0 saturated carbocycles. The first-order valence-electron chi connectivity index (χ1n) is 9.30. The Morgan fingerprint density at radius 1 is 1.30 bits per heavy atom. The quantitative estimate of drug-likeness (QED) is 0.743. The average Bonchev–Trinajstić information content (AvgIpc) is 3.36. The number of likely N-dealkylation sites (tertiary alicyclic amines) is 1. The van der Waals surface area contributed by atoms with Gasteiger partial charge in [0.2, 0.25) is 17.7 Å². The van der Waals surface area contributed by atoms with Crippen LogP contribution in [-0.2, 0) is 24.7 Å². The Morgan fingerprint density at radius 2 is 2.11 bits per heavy atom. The van der Waals surface area contributed by atoms with Crippen molar-refractivity contribution in [1.29, 1.82) is 0 Å². The van der Waals surface area contributed by atoms with Crippen molar-refractivity contribution in [2.24, 2.45) is 11.8 Å². The minimum Gasteiger partial charge on any atom is -0.376 e. The Morgan fingerprint density at radius 3 is 2.85 bits per heavy atom. The van der Waals surface area contributed by atoms with Gasteiger partial charge in [0, 0.05) is 18.2 Å². The van der Waals surface area contributed by atoms with Crippen molar-refractivity contribution in [1.82, 2.24) is 10.2 Å². The lowest BCUT2D eigenvalue weighted by Gasteiger charge is -2.29. The van der Waals surface area contributed by atoms with E-state index in [1.54, 1.807) is 18.2 Å². The molecule has 1 aromatic carbocycles. The molecule has 0 aromatic heterocycles. The number of nitrogens with one attached hydrogen (secondary N) is 2. The minimum atomic E-state index is -1.26. The molecule has 4 heterocycles. The standard InChI is InChI=1S/C19H20ClN3O4/c1-9-13-14(17(25)23(16(13)24)8-10-4-3-7-27-10)19(22-9)11-5-2-6-12(20)15(11)21-18(19)26/h2,5-6,9-10,13-14,22H,3-4,7-8H2,1H3,(H,21,26)/t9-,10?,13-,14+,19+/m0/s1. The van der Waals surface area contributed by atoms with Crippen molar-refractivity contribution in [3.8, 4) is 0 Å². The van der Waals surface area contributed by atoms with Gasteiger partial charge in [0.15, 0.2) is 0 Å². The zero-order valence-electron chi connectivity index (χ0n) is 14.8. The molecule has 1 unspecified atom stereocenters. The zero-order chi connectivity index (χ0) is 18.9. The highest BCUT2D eigenvalue weighted by Crippen LogP contribution is 2.53. The van der Waals surface area contributed by atoms with Gasteiger partial charge in [-0.05, 0) is 25.8 Å². The van der Waals surface area contributed by atoms with Crippen LogP contribution in [0.4, 0.5) is 5.69 Å². The Hall–Kier alpha value is -1.96. The molecule has 0 aliphatic carbocycles. The molecule has 27 heavy (non-hydrogen) atoms. The molecule has 4 aliphatic heterocycles. The van der Waals surface area contributed by atoms with Crippen molar-refractivity contribution in [3.05, 3.63) is 28.8 Å². The number of ether oxygens (including phenoxy) is 1. The lowest BCUT2D eigenvalue weighted by molar-refractivity contribution is -0.144. The van der Waals surface area contributed by atoms with Crippen LogP contribution in [0.3, 0.4) is 0 Å². The fourth-order valence-electron chi connectivity index (χ4n) is 5.19. The van der Waals surface area contributed by atoms with E-state index in [1.807, 2.05) is 6.92 Å². The van der Waals surface area contributed by atoms with Crippen LogP contribution in [0.1, 0.15) is 25.3 Å². The van der Waals surface area contributed by atoms with Crippen LogP contribution >= 0.6 is 11.6 Å². The first kappa shape index (κ1) is 17.2. The highest BCUT2D eigenvalue weighted by atomic mass is 35.5. The third kappa shape index (κ3) is 2.13. The maximum Gasteiger partial charge on any atom is 0.250 e. The summed E-state index contributed by atoms with van der Waals surface area (Å²) in [5, 5.41) is 6.50. The van der Waals surface area contributed by atoms with Gasteiger partial charge in [-0.3, -0.25) is 24.6 Å². The second-order valence-electron chi connectivity index (χ2n) is 7.78. The average molecular weight is 390 g/mol. The van der Waals surface area contributed by atoms with E-state index in [9.17, 15) is 14.4 Å². The number of para-hydroxylation sites is 1. The minimum absolute atomic E-state index is 0.116. The molecule has 5 atom stereocenters. The van der Waals surface area contributed by atoms with E-state index in [4.69, 9.17) is 16.3 Å². The number of hydrogen-bond donors (Lipinski definition) is 2. The monoisotopic (exact) mass is 389 g/mol. The molecule has 1 spiro atoms. The van der Waals surface area contributed by atoms with Crippen LogP contribution in [0, 0.1) is 11.8 Å². The van der Waals surface area contributed by atoms with E-state index in [1.165, 1.54) is 4.90 Å². The van der Waals surface area contributed by atoms with Crippen molar-refractivity contribution in [2.75, 3.05) is 18.5 Å². The van der Waals surface area contributed by atoms with Gasteiger partial charge in [0.25, 0.3) is 0 Å². The maximum atomic E-state index is 13.3. The summed E-state index contributed by atoms with van der Waals surface area (Å²) in [7, 11) is 0. The number of benzene rings is 1. The number of rotatable bonds is 2. The van der Waals surface area contributed by atoms with Crippen molar-refractivity contribution >= 4 is 35.0 Å². The number of imide groups is 1. The van der Waals surface area contributed by atoms with E-state index in [0.29, 0.717) is 22.9 Å². The fourth-order valence-corrected chi connectivity index (χ4v) is 5.41. The molecule has 0 radical (unpaired) electrons. The normalized spacial score (nSPS) is 37.3. The van der Waals surface area contributed by atoms with E-state index < -0.39 is 17.4 Å². The van der Waals surface area contributed by atoms with Gasteiger partial charge in [0.1, 0.15) is 5.54 Å². The molecular weight excluding hydrogens is 370 g/mol. The smallest absolute Gasteiger partial charge is 0.250 e.